The Balaban J connectivity index is 2.07. The minimum absolute atomic E-state index is 0.626. The fourth-order valence-corrected chi connectivity index (χ4v) is 2.36. The van der Waals surface area contributed by atoms with E-state index in [1.165, 1.54) is 0 Å². The number of para-hydroxylation sites is 1. The lowest BCUT2D eigenvalue weighted by molar-refractivity contribution is 0.895. The summed E-state index contributed by atoms with van der Waals surface area (Å²) in [4.78, 5) is 0. The minimum Gasteiger partial charge on any atom is -0.384 e. The highest BCUT2D eigenvalue weighted by Crippen LogP contribution is 2.25. The Bertz CT molecular complexity index is 704. The summed E-state index contributed by atoms with van der Waals surface area (Å²) < 4.78 is 2.77. The van der Waals surface area contributed by atoms with Gasteiger partial charge in [0.05, 0.1) is 11.4 Å². The first-order valence-corrected chi connectivity index (χ1v) is 6.70. The van der Waals surface area contributed by atoms with E-state index in [4.69, 9.17) is 5.73 Å². The molecule has 0 aliphatic heterocycles. The van der Waals surface area contributed by atoms with Gasteiger partial charge in [0.15, 0.2) is 0 Å². The lowest BCUT2D eigenvalue weighted by Crippen LogP contribution is -2.01. The van der Waals surface area contributed by atoms with Crippen molar-refractivity contribution in [2.45, 2.75) is 0 Å². The fraction of sp³-hybridized carbons (Fsp3) is 0. The van der Waals surface area contributed by atoms with Crippen molar-refractivity contribution in [1.82, 2.24) is 9.78 Å². The highest BCUT2D eigenvalue weighted by Gasteiger charge is 2.08. The van der Waals surface area contributed by atoms with Crippen molar-refractivity contribution >= 4 is 21.7 Å². The van der Waals surface area contributed by atoms with Gasteiger partial charge in [0, 0.05) is 16.1 Å². The van der Waals surface area contributed by atoms with Gasteiger partial charge in [-0.15, -0.1) is 0 Å². The van der Waals surface area contributed by atoms with Crippen LogP contribution in [0.5, 0.6) is 0 Å². The lowest BCUT2D eigenvalue weighted by atomic mass is 10.2. The maximum absolute atomic E-state index is 6.04. The first kappa shape index (κ1) is 12.0. The van der Waals surface area contributed by atoms with Crippen molar-refractivity contribution in [3.05, 3.63) is 65.1 Å². The topological polar surface area (TPSA) is 43.8 Å². The molecule has 0 amide bonds. The Labute approximate surface area is 119 Å². The summed E-state index contributed by atoms with van der Waals surface area (Å²) in [6.07, 6.45) is 0. The third-order valence-corrected chi connectivity index (χ3v) is 3.35. The Morgan fingerprint density at radius 1 is 0.947 bits per heavy atom. The molecule has 0 atom stereocenters. The number of halogens is 1. The lowest BCUT2D eigenvalue weighted by Gasteiger charge is -2.02. The van der Waals surface area contributed by atoms with E-state index >= 15 is 0 Å². The zero-order valence-corrected chi connectivity index (χ0v) is 11.7. The van der Waals surface area contributed by atoms with Gasteiger partial charge in [-0.25, -0.2) is 4.68 Å². The molecule has 1 heterocycles. The van der Waals surface area contributed by atoms with Gasteiger partial charge < -0.3 is 5.73 Å². The number of nitrogens with two attached hydrogens (primary N) is 1. The third-order valence-electron chi connectivity index (χ3n) is 2.86. The molecule has 0 saturated carbocycles. The molecule has 0 saturated heterocycles. The summed E-state index contributed by atoms with van der Waals surface area (Å²) in [5.74, 6) is 0.626. The molecule has 4 heteroatoms. The van der Waals surface area contributed by atoms with Gasteiger partial charge in [0.1, 0.15) is 5.82 Å². The van der Waals surface area contributed by atoms with Crippen molar-refractivity contribution in [3.8, 4) is 16.9 Å². The van der Waals surface area contributed by atoms with Crippen molar-refractivity contribution in [2.75, 3.05) is 5.73 Å². The van der Waals surface area contributed by atoms with Crippen molar-refractivity contribution < 1.29 is 0 Å². The van der Waals surface area contributed by atoms with Crippen molar-refractivity contribution in [3.63, 3.8) is 0 Å². The Hall–Kier alpha value is -2.07. The molecule has 19 heavy (non-hydrogen) atoms. The normalized spacial score (nSPS) is 10.6. The van der Waals surface area contributed by atoms with Gasteiger partial charge in [-0.3, -0.25) is 0 Å². The Morgan fingerprint density at radius 2 is 1.74 bits per heavy atom. The largest absolute Gasteiger partial charge is 0.384 e. The molecule has 2 aromatic carbocycles. The molecule has 0 aliphatic rings. The highest BCUT2D eigenvalue weighted by molar-refractivity contribution is 9.10. The minimum atomic E-state index is 0.626. The van der Waals surface area contributed by atoms with Gasteiger partial charge in [0.25, 0.3) is 0 Å². The van der Waals surface area contributed by atoms with Crippen LogP contribution in [0.3, 0.4) is 0 Å². The highest BCUT2D eigenvalue weighted by atomic mass is 79.9. The molecule has 0 spiro atoms. The Kier molecular flexibility index (Phi) is 3.09. The van der Waals surface area contributed by atoms with Crippen LogP contribution in [0.4, 0.5) is 5.82 Å². The van der Waals surface area contributed by atoms with Crippen LogP contribution in [0.15, 0.2) is 65.1 Å². The zero-order valence-electron chi connectivity index (χ0n) is 10.1. The summed E-state index contributed by atoms with van der Waals surface area (Å²) >= 11 is 3.46. The summed E-state index contributed by atoms with van der Waals surface area (Å²) in [7, 11) is 0. The van der Waals surface area contributed by atoms with Gasteiger partial charge >= 0.3 is 0 Å². The molecule has 0 radical (unpaired) electrons. The SMILES string of the molecule is Nc1cc(-c2cccc(Br)c2)nn1-c1ccccc1. The van der Waals surface area contributed by atoms with E-state index in [1.807, 2.05) is 60.7 Å². The fourth-order valence-electron chi connectivity index (χ4n) is 1.96. The molecule has 3 rings (SSSR count). The predicted octanol–water partition coefficient (Wildman–Crippen LogP) is 3.88. The van der Waals surface area contributed by atoms with Crippen LogP contribution in [0, 0.1) is 0 Å². The van der Waals surface area contributed by atoms with E-state index in [0.29, 0.717) is 5.82 Å². The van der Waals surface area contributed by atoms with E-state index in [9.17, 15) is 0 Å². The standard InChI is InChI=1S/C15H12BrN3/c16-12-6-4-5-11(9-12)14-10-15(17)19(18-14)13-7-2-1-3-8-13/h1-10H,17H2. The van der Waals surface area contributed by atoms with E-state index in [0.717, 1.165) is 21.4 Å². The molecule has 3 aromatic rings. The third kappa shape index (κ3) is 2.39. The van der Waals surface area contributed by atoms with Gasteiger partial charge in [-0.1, -0.05) is 46.3 Å². The summed E-state index contributed by atoms with van der Waals surface area (Å²) in [6.45, 7) is 0. The molecule has 0 aliphatic carbocycles. The van der Waals surface area contributed by atoms with Crippen LogP contribution in [0.2, 0.25) is 0 Å². The Morgan fingerprint density at radius 3 is 2.47 bits per heavy atom. The summed E-state index contributed by atoms with van der Waals surface area (Å²) in [5, 5.41) is 4.56. The van der Waals surface area contributed by atoms with Crippen LogP contribution in [-0.2, 0) is 0 Å². The molecule has 0 fully saturated rings. The van der Waals surface area contributed by atoms with E-state index < -0.39 is 0 Å². The molecule has 94 valence electrons. The van der Waals surface area contributed by atoms with E-state index in [1.54, 1.807) is 4.68 Å². The van der Waals surface area contributed by atoms with Crippen LogP contribution in [0.1, 0.15) is 0 Å². The average Bonchev–Trinajstić information content (AvgIpc) is 2.82. The second kappa shape index (κ2) is 4.90. The number of hydrogen-bond acceptors (Lipinski definition) is 2. The van der Waals surface area contributed by atoms with Crippen LogP contribution in [0.25, 0.3) is 16.9 Å². The second-order valence-corrected chi connectivity index (χ2v) is 5.13. The zero-order chi connectivity index (χ0) is 13.2. The second-order valence-electron chi connectivity index (χ2n) is 4.21. The van der Waals surface area contributed by atoms with Crippen molar-refractivity contribution in [2.24, 2.45) is 0 Å². The first-order valence-electron chi connectivity index (χ1n) is 5.91. The average molecular weight is 314 g/mol. The van der Waals surface area contributed by atoms with E-state index in [2.05, 4.69) is 21.0 Å². The van der Waals surface area contributed by atoms with Gasteiger partial charge in [0.2, 0.25) is 0 Å². The molecule has 2 N–H and O–H groups in total. The monoisotopic (exact) mass is 313 g/mol. The molecule has 0 bridgehead atoms. The summed E-state index contributed by atoms with van der Waals surface area (Å²) in [6, 6.07) is 19.8. The molecule has 1 aromatic heterocycles. The molecular formula is C15H12BrN3. The molecule has 0 unspecified atom stereocenters. The number of benzene rings is 2. The molecule has 3 nitrogen and oxygen atoms in total. The number of nitrogen functional groups attached to an aromatic ring is 1. The van der Waals surface area contributed by atoms with Crippen LogP contribution >= 0.6 is 15.9 Å². The summed E-state index contributed by atoms with van der Waals surface area (Å²) in [5.41, 5.74) is 8.90. The van der Waals surface area contributed by atoms with Gasteiger partial charge in [-0.05, 0) is 24.3 Å². The van der Waals surface area contributed by atoms with Crippen LogP contribution < -0.4 is 5.73 Å². The first-order chi connectivity index (χ1) is 9.24. The number of hydrogen-bond donors (Lipinski definition) is 1. The maximum Gasteiger partial charge on any atom is 0.127 e. The van der Waals surface area contributed by atoms with Crippen LogP contribution in [-0.4, -0.2) is 9.78 Å². The predicted molar refractivity (Wildman–Crippen MR) is 81.1 cm³/mol. The van der Waals surface area contributed by atoms with Crippen molar-refractivity contribution in [1.29, 1.82) is 0 Å². The van der Waals surface area contributed by atoms with E-state index in [-0.39, 0.29) is 0 Å². The maximum atomic E-state index is 6.04. The number of aromatic nitrogens is 2. The number of nitrogens with zero attached hydrogens (tertiary/aromatic N) is 2. The smallest absolute Gasteiger partial charge is 0.127 e. The number of rotatable bonds is 2. The molecular weight excluding hydrogens is 302 g/mol. The number of anilines is 1. The van der Waals surface area contributed by atoms with Gasteiger partial charge in [-0.2, -0.15) is 5.10 Å². The quantitative estimate of drug-likeness (QED) is 0.780.